The van der Waals surface area contributed by atoms with Crippen molar-refractivity contribution in [1.29, 1.82) is 0 Å². The summed E-state index contributed by atoms with van der Waals surface area (Å²) in [5.41, 5.74) is 1.36. The second-order valence-corrected chi connectivity index (χ2v) is 2.95. The van der Waals surface area contributed by atoms with Gasteiger partial charge in [-0.2, -0.15) is 0 Å². The molecule has 0 saturated heterocycles. The maximum Gasteiger partial charge on any atom is 0.115 e. The third-order valence-corrected chi connectivity index (χ3v) is 1.89. The molecule has 0 aromatic heterocycles. The molecule has 0 aliphatic heterocycles. The summed E-state index contributed by atoms with van der Waals surface area (Å²) in [4.78, 5) is 0. The van der Waals surface area contributed by atoms with Gasteiger partial charge in [0.15, 0.2) is 0 Å². The highest BCUT2D eigenvalue weighted by atomic mass is 19.1. The van der Waals surface area contributed by atoms with Crippen LogP contribution in [0.15, 0.2) is 24.3 Å². The summed E-state index contributed by atoms with van der Waals surface area (Å²) >= 11 is 0. The van der Waals surface area contributed by atoms with Crippen molar-refractivity contribution in [1.82, 2.24) is 5.32 Å². The fourth-order valence-electron chi connectivity index (χ4n) is 1.19. The highest BCUT2D eigenvalue weighted by molar-refractivity contribution is 5.24. The Morgan fingerprint density at radius 2 is 2.31 bits per heavy atom. The molecule has 0 aliphatic carbocycles. The number of aliphatic hydroxyl groups excluding tert-OH is 1. The van der Waals surface area contributed by atoms with E-state index in [1.807, 2.05) is 0 Å². The van der Waals surface area contributed by atoms with Crippen molar-refractivity contribution < 1.29 is 9.50 Å². The number of alkyl halides is 1. The van der Waals surface area contributed by atoms with Crippen molar-refractivity contribution in [2.75, 3.05) is 13.6 Å². The molecule has 0 amide bonds. The van der Waals surface area contributed by atoms with Crippen LogP contribution in [-0.2, 0) is 6.67 Å². The van der Waals surface area contributed by atoms with E-state index in [0.717, 1.165) is 5.56 Å². The van der Waals surface area contributed by atoms with Gasteiger partial charge in [0.1, 0.15) is 6.67 Å². The van der Waals surface area contributed by atoms with Crippen LogP contribution in [-0.4, -0.2) is 18.7 Å². The SMILES string of the molecule is CNCC(O)c1cccc(CF)c1. The normalized spacial score (nSPS) is 12.8. The molecule has 1 atom stereocenters. The summed E-state index contributed by atoms with van der Waals surface area (Å²) in [6.45, 7) is -0.00411. The second-order valence-electron chi connectivity index (χ2n) is 2.95. The monoisotopic (exact) mass is 183 g/mol. The third-order valence-electron chi connectivity index (χ3n) is 1.89. The highest BCUT2D eigenvalue weighted by Crippen LogP contribution is 2.14. The highest BCUT2D eigenvalue weighted by Gasteiger charge is 2.05. The molecule has 1 aromatic carbocycles. The van der Waals surface area contributed by atoms with Crippen molar-refractivity contribution in [3.63, 3.8) is 0 Å². The number of benzene rings is 1. The van der Waals surface area contributed by atoms with Gasteiger partial charge in [0.05, 0.1) is 6.10 Å². The average molecular weight is 183 g/mol. The predicted molar refractivity (Wildman–Crippen MR) is 50.1 cm³/mol. The minimum atomic E-state index is -0.559. The molecule has 2 nitrogen and oxygen atoms in total. The van der Waals surface area contributed by atoms with E-state index in [4.69, 9.17) is 0 Å². The summed E-state index contributed by atoms with van der Waals surface area (Å²) in [5, 5.41) is 12.4. The van der Waals surface area contributed by atoms with Gasteiger partial charge in [-0.3, -0.25) is 0 Å². The maximum absolute atomic E-state index is 12.3. The largest absolute Gasteiger partial charge is 0.387 e. The molecule has 1 rings (SSSR count). The molecular weight excluding hydrogens is 169 g/mol. The van der Waals surface area contributed by atoms with Crippen LogP contribution in [0.4, 0.5) is 4.39 Å². The Morgan fingerprint density at radius 1 is 1.54 bits per heavy atom. The number of aliphatic hydroxyl groups is 1. The molecule has 0 bridgehead atoms. The zero-order chi connectivity index (χ0) is 9.68. The quantitative estimate of drug-likeness (QED) is 0.739. The van der Waals surface area contributed by atoms with Gasteiger partial charge in [-0.1, -0.05) is 24.3 Å². The number of hydrogen-bond donors (Lipinski definition) is 2. The van der Waals surface area contributed by atoms with Crippen molar-refractivity contribution >= 4 is 0 Å². The number of rotatable bonds is 4. The standard InChI is InChI=1S/C10H14FNO/c1-12-7-10(13)9-4-2-3-8(5-9)6-11/h2-5,10,12-13H,6-7H2,1H3. The summed E-state index contributed by atoms with van der Waals surface area (Å²) in [7, 11) is 1.77. The van der Waals surface area contributed by atoms with E-state index in [1.54, 1.807) is 31.3 Å². The first-order chi connectivity index (χ1) is 6.27. The maximum atomic E-state index is 12.3. The summed E-state index contributed by atoms with van der Waals surface area (Å²) < 4.78 is 12.3. The van der Waals surface area contributed by atoms with Gasteiger partial charge in [-0.05, 0) is 18.2 Å². The van der Waals surface area contributed by atoms with Gasteiger partial charge < -0.3 is 10.4 Å². The third kappa shape index (κ3) is 2.79. The summed E-state index contributed by atoms with van der Waals surface area (Å²) in [6, 6.07) is 6.93. The Labute approximate surface area is 77.4 Å². The molecule has 13 heavy (non-hydrogen) atoms. The zero-order valence-corrected chi connectivity index (χ0v) is 7.63. The number of hydrogen-bond acceptors (Lipinski definition) is 2. The Morgan fingerprint density at radius 3 is 2.92 bits per heavy atom. The predicted octanol–water partition coefficient (Wildman–Crippen LogP) is 1.41. The van der Waals surface area contributed by atoms with E-state index in [2.05, 4.69) is 5.32 Å². The van der Waals surface area contributed by atoms with Crippen LogP contribution in [0, 0.1) is 0 Å². The fourth-order valence-corrected chi connectivity index (χ4v) is 1.19. The Hall–Kier alpha value is -0.930. The van der Waals surface area contributed by atoms with Crippen molar-refractivity contribution in [2.24, 2.45) is 0 Å². The Bertz CT molecular complexity index is 265. The fraction of sp³-hybridized carbons (Fsp3) is 0.400. The summed E-state index contributed by atoms with van der Waals surface area (Å²) in [5.74, 6) is 0. The lowest BCUT2D eigenvalue weighted by atomic mass is 10.1. The van der Waals surface area contributed by atoms with Crippen LogP contribution in [0.25, 0.3) is 0 Å². The van der Waals surface area contributed by atoms with Gasteiger partial charge in [-0.15, -0.1) is 0 Å². The van der Waals surface area contributed by atoms with E-state index in [-0.39, 0.29) is 0 Å². The molecule has 0 radical (unpaired) electrons. The first kappa shape index (κ1) is 10.2. The van der Waals surface area contributed by atoms with E-state index in [9.17, 15) is 9.50 Å². The minimum Gasteiger partial charge on any atom is -0.387 e. The first-order valence-corrected chi connectivity index (χ1v) is 4.25. The number of halogens is 1. The van der Waals surface area contributed by atoms with E-state index >= 15 is 0 Å². The van der Waals surface area contributed by atoms with Gasteiger partial charge >= 0.3 is 0 Å². The minimum absolute atomic E-state index is 0.482. The lowest BCUT2D eigenvalue weighted by Crippen LogP contribution is -2.16. The number of nitrogens with one attached hydrogen (secondary N) is 1. The topological polar surface area (TPSA) is 32.3 Å². The summed E-state index contributed by atoms with van der Waals surface area (Å²) in [6.07, 6.45) is -0.559. The molecule has 0 aliphatic rings. The van der Waals surface area contributed by atoms with Crippen LogP contribution in [0.3, 0.4) is 0 Å². The molecule has 1 aromatic rings. The molecule has 0 saturated carbocycles. The molecular formula is C10H14FNO. The first-order valence-electron chi connectivity index (χ1n) is 4.25. The zero-order valence-electron chi connectivity index (χ0n) is 7.63. The van der Waals surface area contributed by atoms with E-state index in [0.29, 0.717) is 12.1 Å². The van der Waals surface area contributed by atoms with E-state index in [1.165, 1.54) is 0 Å². The number of likely N-dealkylation sites (N-methyl/N-ethyl adjacent to an activating group) is 1. The van der Waals surface area contributed by atoms with Crippen molar-refractivity contribution in [3.8, 4) is 0 Å². The van der Waals surface area contributed by atoms with Crippen LogP contribution < -0.4 is 5.32 Å². The molecule has 72 valence electrons. The van der Waals surface area contributed by atoms with Crippen molar-refractivity contribution in [3.05, 3.63) is 35.4 Å². The van der Waals surface area contributed by atoms with Gasteiger partial charge in [-0.25, -0.2) is 4.39 Å². The smallest absolute Gasteiger partial charge is 0.115 e. The lowest BCUT2D eigenvalue weighted by molar-refractivity contribution is 0.177. The second kappa shape index (κ2) is 4.94. The van der Waals surface area contributed by atoms with Crippen LogP contribution in [0.5, 0.6) is 0 Å². The molecule has 2 N–H and O–H groups in total. The Balaban J connectivity index is 2.75. The molecule has 3 heteroatoms. The van der Waals surface area contributed by atoms with E-state index < -0.39 is 12.8 Å². The molecule has 0 heterocycles. The molecule has 0 spiro atoms. The van der Waals surface area contributed by atoms with Crippen LogP contribution in [0.1, 0.15) is 17.2 Å². The van der Waals surface area contributed by atoms with Gasteiger partial charge in [0, 0.05) is 6.54 Å². The van der Waals surface area contributed by atoms with Crippen LogP contribution >= 0.6 is 0 Å². The van der Waals surface area contributed by atoms with Gasteiger partial charge in [0.25, 0.3) is 0 Å². The van der Waals surface area contributed by atoms with Crippen LogP contribution in [0.2, 0.25) is 0 Å². The lowest BCUT2D eigenvalue weighted by Gasteiger charge is -2.10. The van der Waals surface area contributed by atoms with Gasteiger partial charge in [0.2, 0.25) is 0 Å². The Kier molecular flexibility index (Phi) is 3.86. The molecule has 0 fully saturated rings. The van der Waals surface area contributed by atoms with Crippen molar-refractivity contribution in [2.45, 2.75) is 12.8 Å². The molecule has 1 unspecified atom stereocenters. The average Bonchev–Trinajstić information content (AvgIpc) is 2.18.